The Morgan fingerprint density at radius 3 is 2.33 bits per heavy atom. The van der Waals surface area contributed by atoms with Crippen molar-refractivity contribution in [3.8, 4) is 0 Å². The first-order valence-corrected chi connectivity index (χ1v) is 11.1. The van der Waals surface area contributed by atoms with Crippen molar-refractivity contribution in [3.05, 3.63) is 64.7 Å². The summed E-state index contributed by atoms with van der Waals surface area (Å²) in [6.45, 7) is 0.287. The number of benzene rings is 2. The number of halogens is 4. The topological polar surface area (TPSA) is 66.5 Å². The van der Waals surface area contributed by atoms with Gasteiger partial charge in [-0.25, -0.2) is 8.42 Å². The number of carbonyl (C=O) groups excluding carboxylic acids is 1. The van der Waals surface area contributed by atoms with E-state index in [1.54, 1.807) is 0 Å². The molecule has 0 saturated carbocycles. The summed E-state index contributed by atoms with van der Waals surface area (Å²) in [6.07, 6.45) is -4.40. The molecule has 1 aliphatic rings. The molecular formula is C20H20ClF3N2O3S. The summed E-state index contributed by atoms with van der Waals surface area (Å²) in [6, 6.07) is 11.9. The zero-order chi connectivity index (χ0) is 21.9. The van der Waals surface area contributed by atoms with E-state index in [-0.39, 0.29) is 36.9 Å². The summed E-state index contributed by atoms with van der Waals surface area (Å²) in [7, 11) is -4.37. The molecule has 1 heterocycles. The summed E-state index contributed by atoms with van der Waals surface area (Å²) in [5.74, 6) is -0.592. The molecule has 1 amide bonds. The maximum atomic E-state index is 13.3. The van der Waals surface area contributed by atoms with Crippen LogP contribution in [0.4, 0.5) is 13.2 Å². The average Bonchev–Trinajstić information content (AvgIpc) is 2.72. The maximum Gasteiger partial charge on any atom is 0.417 e. The van der Waals surface area contributed by atoms with Gasteiger partial charge in [-0.15, -0.1) is 0 Å². The van der Waals surface area contributed by atoms with E-state index in [4.69, 9.17) is 11.6 Å². The second-order valence-electron chi connectivity index (χ2n) is 7.02. The number of carbonyl (C=O) groups is 1. The fraction of sp³-hybridized carbons (Fsp3) is 0.350. The molecule has 0 aromatic heterocycles. The van der Waals surface area contributed by atoms with Gasteiger partial charge in [0.1, 0.15) is 0 Å². The molecule has 1 fully saturated rings. The van der Waals surface area contributed by atoms with Crippen LogP contribution in [0.2, 0.25) is 5.02 Å². The lowest BCUT2D eigenvalue weighted by molar-refractivity contribution is -0.139. The lowest BCUT2D eigenvalue weighted by Crippen LogP contribution is -2.43. The minimum atomic E-state index is -4.86. The van der Waals surface area contributed by atoms with Gasteiger partial charge in [0.2, 0.25) is 15.9 Å². The molecule has 162 valence electrons. The molecule has 2 aromatic rings. The fourth-order valence-electron chi connectivity index (χ4n) is 3.38. The van der Waals surface area contributed by atoms with Crippen molar-refractivity contribution in [2.75, 3.05) is 13.1 Å². The summed E-state index contributed by atoms with van der Waals surface area (Å²) < 4.78 is 66.6. The third kappa shape index (κ3) is 5.14. The van der Waals surface area contributed by atoms with Gasteiger partial charge in [-0.3, -0.25) is 4.79 Å². The second-order valence-corrected chi connectivity index (χ2v) is 9.36. The SMILES string of the molecule is O=C(NCc1ccccc1)C1CCN(S(=O)(=O)c2ccc(Cl)cc2C(F)(F)F)CC1. The highest BCUT2D eigenvalue weighted by atomic mass is 35.5. The Hall–Kier alpha value is -2.10. The Labute approximate surface area is 177 Å². The smallest absolute Gasteiger partial charge is 0.352 e. The molecule has 30 heavy (non-hydrogen) atoms. The van der Waals surface area contributed by atoms with E-state index < -0.39 is 32.6 Å². The van der Waals surface area contributed by atoms with Crippen LogP contribution in [0.1, 0.15) is 24.0 Å². The third-order valence-corrected chi connectivity index (χ3v) is 7.19. The van der Waals surface area contributed by atoms with E-state index in [0.29, 0.717) is 12.6 Å². The van der Waals surface area contributed by atoms with Crippen LogP contribution in [0.25, 0.3) is 0 Å². The number of nitrogens with one attached hydrogen (secondary N) is 1. The summed E-state index contributed by atoms with van der Waals surface area (Å²) in [4.78, 5) is 11.6. The molecular weight excluding hydrogens is 441 g/mol. The Kier molecular flexibility index (Phi) is 6.74. The van der Waals surface area contributed by atoms with Crippen molar-refractivity contribution in [2.24, 2.45) is 5.92 Å². The van der Waals surface area contributed by atoms with Gasteiger partial charge in [-0.05, 0) is 36.6 Å². The third-order valence-electron chi connectivity index (χ3n) is 5.00. The van der Waals surface area contributed by atoms with Gasteiger partial charge < -0.3 is 5.32 Å². The zero-order valence-electron chi connectivity index (χ0n) is 15.8. The molecule has 1 saturated heterocycles. The zero-order valence-corrected chi connectivity index (χ0v) is 17.4. The molecule has 0 unspecified atom stereocenters. The van der Waals surface area contributed by atoms with E-state index in [2.05, 4.69) is 5.32 Å². The molecule has 1 aliphatic heterocycles. The van der Waals surface area contributed by atoms with Crippen molar-refractivity contribution in [3.63, 3.8) is 0 Å². The van der Waals surface area contributed by atoms with Gasteiger partial charge in [0.15, 0.2) is 0 Å². The van der Waals surface area contributed by atoms with Gasteiger partial charge in [0.05, 0.1) is 10.5 Å². The van der Waals surface area contributed by atoms with E-state index in [1.807, 2.05) is 30.3 Å². The summed E-state index contributed by atoms with van der Waals surface area (Å²) >= 11 is 5.63. The van der Waals surface area contributed by atoms with E-state index >= 15 is 0 Å². The van der Waals surface area contributed by atoms with Gasteiger partial charge in [0, 0.05) is 30.6 Å². The molecule has 5 nitrogen and oxygen atoms in total. The molecule has 2 aromatic carbocycles. The standard InChI is InChI=1S/C20H20ClF3N2O3S/c21-16-6-7-18(17(12-16)20(22,23)24)30(28,29)26-10-8-15(9-11-26)19(27)25-13-14-4-2-1-3-5-14/h1-7,12,15H,8-11,13H2,(H,25,27). The normalized spacial score (nSPS) is 16.4. The van der Waals surface area contributed by atoms with E-state index in [9.17, 15) is 26.4 Å². The van der Waals surface area contributed by atoms with E-state index in [0.717, 1.165) is 22.0 Å². The predicted molar refractivity (Wildman–Crippen MR) is 106 cm³/mol. The van der Waals surface area contributed by atoms with Gasteiger partial charge in [0.25, 0.3) is 0 Å². The molecule has 0 radical (unpaired) electrons. The highest BCUT2D eigenvalue weighted by Crippen LogP contribution is 2.37. The molecule has 1 N–H and O–H groups in total. The molecule has 0 atom stereocenters. The average molecular weight is 461 g/mol. The van der Waals surface area contributed by atoms with Crippen molar-refractivity contribution in [1.82, 2.24) is 9.62 Å². The Morgan fingerprint density at radius 1 is 1.10 bits per heavy atom. The summed E-state index contributed by atoms with van der Waals surface area (Å²) in [5.41, 5.74) is -0.356. The lowest BCUT2D eigenvalue weighted by atomic mass is 9.97. The van der Waals surface area contributed by atoms with Crippen LogP contribution >= 0.6 is 11.6 Å². The lowest BCUT2D eigenvalue weighted by Gasteiger charge is -2.31. The number of amides is 1. The number of hydrogen-bond donors (Lipinski definition) is 1. The van der Waals surface area contributed by atoms with Crippen LogP contribution in [-0.4, -0.2) is 31.7 Å². The van der Waals surface area contributed by atoms with Crippen molar-refractivity contribution in [2.45, 2.75) is 30.5 Å². The first kappa shape index (κ1) is 22.6. The molecule has 0 spiro atoms. The maximum absolute atomic E-state index is 13.3. The number of alkyl halides is 3. The van der Waals surface area contributed by atoms with Crippen molar-refractivity contribution >= 4 is 27.5 Å². The highest BCUT2D eigenvalue weighted by Gasteiger charge is 2.40. The minimum Gasteiger partial charge on any atom is -0.352 e. The fourth-order valence-corrected chi connectivity index (χ4v) is 5.21. The molecule has 0 bridgehead atoms. The largest absolute Gasteiger partial charge is 0.417 e. The van der Waals surface area contributed by atoms with Gasteiger partial charge in [-0.2, -0.15) is 17.5 Å². The van der Waals surface area contributed by atoms with Gasteiger partial charge >= 0.3 is 6.18 Å². The van der Waals surface area contributed by atoms with Crippen molar-refractivity contribution < 1.29 is 26.4 Å². The Morgan fingerprint density at radius 2 is 1.73 bits per heavy atom. The molecule has 10 heteroatoms. The van der Waals surface area contributed by atoms with Crippen LogP contribution in [0.5, 0.6) is 0 Å². The van der Waals surface area contributed by atoms with Crippen LogP contribution < -0.4 is 5.32 Å². The second kappa shape index (κ2) is 8.95. The number of nitrogens with zero attached hydrogens (tertiary/aromatic N) is 1. The van der Waals surface area contributed by atoms with Crippen LogP contribution in [0.15, 0.2) is 53.4 Å². The number of sulfonamides is 1. The van der Waals surface area contributed by atoms with Crippen LogP contribution in [0.3, 0.4) is 0 Å². The van der Waals surface area contributed by atoms with Gasteiger partial charge in [-0.1, -0.05) is 41.9 Å². The highest BCUT2D eigenvalue weighted by molar-refractivity contribution is 7.89. The number of hydrogen-bond acceptors (Lipinski definition) is 3. The van der Waals surface area contributed by atoms with Crippen LogP contribution in [-0.2, 0) is 27.5 Å². The molecule has 3 rings (SSSR count). The number of rotatable bonds is 5. The van der Waals surface area contributed by atoms with E-state index in [1.165, 1.54) is 0 Å². The van der Waals surface area contributed by atoms with Crippen LogP contribution in [0, 0.1) is 5.92 Å². The number of piperidine rings is 1. The molecule has 0 aliphatic carbocycles. The Balaban J connectivity index is 1.66. The Bertz CT molecular complexity index is 1010. The monoisotopic (exact) mass is 460 g/mol. The van der Waals surface area contributed by atoms with Crippen molar-refractivity contribution in [1.29, 1.82) is 0 Å². The first-order chi connectivity index (χ1) is 14.1. The minimum absolute atomic E-state index is 0.0360. The quantitative estimate of drug-likeness (QED) is 0.731. The summed E-state index contributed by atoms with van der Waals surface area (Å²) in [5, 5.41) is 2.62. The first-order valence-electron chi connectivity index (χ1n) is 9.27. The predicted octanol–water partition coefficient (Wildman–Crippen LogP) is 4.08.